The molecule has 41 heavy (non-hydrogen) atoms. The number of allylic oxidation sites excluding steroid dienone is 1. The Kier molecular flexibility index (Phi) is 7.44. The molecule has 0 unspecified atom stereocenters. The van der Waals surface area contributed by atoms with E-state index < -0.39 is 12.6 Å². The van der Waals surface area contributed by atoms with Gasteiger partial charge in [0.15, 0.2) is 0 Å². The molecule has 11 heteroatoms. The van der Waals surface area contributed by atoms with Crippen molar-refractivity contribution in [3.8, 4) is 22.8 Å². The first kappa shape index (κ1) is 28.0. The molecule has 7 nitrogen and oxygen atoms in total. The molecule has 7 rings (SSSR count). The van der Waals surface area contributed by atoms with Crippen LogP contribution in [0.4, 0.5) is 8.78 Å². The van der Waals surface area contributed by atoms with Crippen LogP contribution in [0.25, 0.3) is 17.3 Å². The van der Waals surface area contributed by atoms with Crippen LogP contribution in [0.15, 0.2) is 41.2 Å². The molecule has 4 aliphatic rings. The minimum Gasteiger partial charge on any atom is -0.493 e. The van der Waals surface area contributed by atoms with E-state index in [0.717, 1.165) is 68.8 Å². The number of pyridine rings is 1. The topological polar surface area (TPSA) is 94.7 Å². The summed E-state index contributed by atoms with van der Waals surface area (Å²) in [6.45, 7) is -2.68. The molecule has 1 N–H and O–H groups in total. The van der Waals surface area contributed by atoms with E-state index in [1.165, 1.54) is 12.1 Å². The Labute approximate surface area is 245 Å². The number of carbonyl (C=O) groups is 1. The smallest absolute Gasteiger partial charge is 0.387 e. The van der Waals surface area contributed by atoms with Gasteiger partial charge >= 0.3 is 12.6 Å². The van der Waals surface area contributed by atoms with Gasteiger partial charge in [-0.2, -0.15) is 8.78 Å². The number of alkyl halides is 2. The first-order valence-corrected chi connectivity index (χ1v) is 14.4. The number of carboxylic acid groups (broad SMARTS) is 1. The van der Waals surface area contributed by atoms with Crippen molar-refractivity contribution in [3.05, 3.63) is 63.6 Å². The number of aromatic carboxylic acids is 1. The standard InChI is InChI=1S/C30H28Cl2F2N2O5/c31-22-14-35-15-23(32)24(22)25-21(26(41-36-25)17-1-2-17)3-4-29-5-8-30(9-6-29,10-7-29)16-39-19-11-18(27(37)38)12-20(13-19)40-28(33)34/h3-4,11-15,17,28H,1-2,5-10,16H2,(H,37,38)/b4-3+. The molecule has 1 aromatic carbocycles. The lowest BCUT2D eigenvalue weighted by Gasteiger charge is -2.52. The largest absolute Gasteiger partial charge is 0.493 e. The molecule has 2 aromatic heterocycles. The molecule has 2 bridgehead atoms. The van der Waals surface area contributed by atoms with Gasteiger partial charge in [-0.25, -0.2) is 4.79 Å². The van der Waals surface area contributed by atoms with E-state index in [1.807, 2.05) is 0 Å². The summed E-state index contributed by atoms with van der Waals surface area (Å²) in [6, 6.07) is 3.71. The first-order chi connectivity index (χ1) is 19.7. The minimum atomic E-state index is -3.06. The summed E-state index contributed by atoms with van der Waals surface area (Å²) in [5, 5.41) is 14.6. The highest BCUT2D eigenvalue weighted by Gasteiger charge is 2.48. The summed E-state index contributed by atoms with van der Waals surface area (Å²) in [5.74, 6) is -0.0599. The van der Waals surface area contributed by atoms with Gasteiger partial charge in [0.25, 0.3) is 0 Å². The number of rotatable bonds is 10. The summed E-state index contributed by atoms with van der Waals surface area (Å²) in [6.07, 6.45) is 15.4. The molecule has 0 atom stereocenters. The summed E-state index contributed by atoms with van der Waals surface area (Å²) in [5.41, 5.74) is 1.98. The summed E-state index contributed by atoms with van der Waals surface area (Å²) >= 11 is 12.9. The van der Waals surface area contributed by atoms with Crippen molar-refractivity contribution < 1.29 is 32.7 Å². The fourth-order valence-electron chi connectivity index (χ4n) is 6.13. The number of nitrogens with zero attached hydrogens (tertiary/aromatic N) is 2. The fraction of sp³-hybridized carbons (Fsp3) is 0.433. The average molecular weight is 605 g/mol. The van der Waals surface area contributed by atoms with E-state index >= 15 is 0 Å². The number of fused-ring (bicyclic) bond motifs is 3. The molecule has 4 saturated carbocycles. The second-order valence-corrected chi connectivity index (χ2v) is 12.2. The summed E-state index contributed by atoms with van der Waals surface area (Å²) < 4.78 is 41.7. The van der Waals surface area contributed by atoms with Crippen molar-refractivity contribution in [1.29, 1.82) is 0 Å². The SMILES string of the molecule is O=C(O)c1cc(OCC23CCC(/C=C/c4c(-c5c(Cl)cncc5Cl)noc4C4CC4)(CC2)CC3)cc(OC(F)F)c1. The summed E-state index contributed by atoms with van der Waals surface area (Å²) in [4.78, 5) is 15.5. The zero-order valence-electron chi connectivity index (χ0n) is 22.0. The molecule has 0 radical (unpaired) electrons. The number of hydrogen-bond donors (Lipinski definition) is 1. The highest BCUT2D eigenvalue weighted by Crippen LogP contribution is 2.58. The molecule has 2 heterocycles. The minimum absolute atomic E-state index is 0.0322. The fourth-order valence-corrected chi connectivity index (χ4v) is 6.68. The van der Waals surface area contributed by atoms with Gasteiger partial charge in [-0.3, -0.25) is 4.98 Å². The highest BCUT2D eigenvalue weighted by molar-refractivity contribution is 6.39. The monoisotopic (exact) mass is 604 g/mol. The number of carboxylic acids is 1. The predicted octanol–water partition coefficient (Wildman–Crippen LogP) is 8.65. The third kappa shape index (κ3) is 5.79. The molecular formula is C30H28Cl2F2N2O5. The molecule has 0 spiro atoms. The van der Waals surface area contributed by atoms with Gasteiger partial charge in [-0.15, -0.1) is 0 Å². The second-order valence-electron chi connectivity index (χ2n) is 11.4. The molecule has 0 amide bonds. The highest BCUT2D eigenvalue weighted by atomic mass is 35.5. The van der Waals surface area contributed by atoms with Crippen LogP contribution < -0.4 is 9.47 Å². The van der Waals surface area contributed by atoms with Crippen LogP contribution >= 0.6 is 23.2 Å². The van der Waals surface area contributed by atoms with E-state index in [1.54, 1.807) is 12.4 Å². The lowest BCUT2D eigenvalue weighted by molar-refractivity contribution is -0.0502. The van der Waals surface area contributed by atoms with Crippen LogP contribution in [-0.2, 0) is 0 Å². The predicted molar refractivity (Wildman–Crippen MR) is 149 cm³/mol. The number of hydrogen-bond acceptors (Lipinski definition) is 6. The molecule has 0 saturated heterocycles. The lowest BCUT2D eigenvalue weighted by Crippen LogP contribution is -2.43. The summed E-state index contributed by atoms with van der Waals surface area (Å²) in [7, 11) is 0. The van der Waals surface area contributed by atoms with Gasteiger partial charge in [0.1, 0.15) is 23.0 Å². The van der Waals surface area contributed by atoms with Crippen molar-refractivity contribution in [2.45, 2.75) is 63.9 Å². The lowest BCUT2D eigenvalue weighted by atomic mass is 9.54. The zero-order chi connectivity index (χ0) is 28.8. The molecule has 216 valence electrons. The Balaban J connectivity index is 1.17. The number of benzene rings is 1. The van der Waals surface area contributed by atoms with E-state index in [0.29, 0.717) is 33.8 Å². The van der Waals surface area contributed by atoms with E-state index in [9.17, 15) is 18.7 Å². The maximum absolute atomic E-state index is 12.7. The Morgan fingerprint density at radius 2 is 1.73 bits per heavy atom. The van der Waals surface area contributed by atoms with Crippen LogP contribution in [0.5, 0.6) is 11.5 Å². The number of halogens is 4. The Morgan fingerprint density at radius 1 is 1.07 bits per heavy atom. The van der Waals surface area contributed by atoms with Crippen LogP contribution in [0.3, 0.4) is 0 Å². The molecule has 4 fully saturated rings. The van der Waals surface area contributed by atoms with Gasteiger partial charge in [0, 0.05) is 40.9 Å². The maximum atomic E-state index is 12.7. The van der Waals surface area contributed by atoms with Crippen LogP contribution in [0, 0.1) is 10.8 Å². The van der Waals surface area contributed by atoms with Crippen LogP contribution in [0.2, 0.25) is 10.0 Å². The zero-order valence-corrected chi connectivity index (χ0v) is 23.6. The van der Waals surface area contributed by atoms with E-state index in [4.69, 9.17) is 32.5 Å². The van der Waals surface area contributed by atoms with Crippen molar-refractivity contribution in [2.75, 3.05) is 6.61 Å². The first-order valence-electron chi connectivity index (χ1n) is 13.6. The second kappa shape index (κ2) is 10.9. The molecule has 4 aliphatic carbocycles. The van der Waals surface area contributed by atoms with Gasteiger partial charge < -0.3 is 19.1 Å². The van der Waals surface area contributed by atoms with Gasteiger partial charge in [-0.05, 0) is 68.9 Å². The number of ether oxygens (including phenoxy) is 2. The van der Waals surface area contributed by atoms with Crippen LogP contribution in [0.1, 0.15) is 79.0 Å². The third-order valence-corrected chi connectivity index (χ3v) is 9.33. The number of aromatic nitrogens is 2. The van der Waals surface area contributed by atoms with E-state index in [-0.39, 0.29) is 27.9 Å². The van der Waals surface area contributed by atoms with E-state index in [2.05, 4.69) is 27.0 Å². The third-order valence-electron chi connectivity index (χ3n) is 8.75. The van der Waals surface area contributed by atoms with Gasteiger partial charge in [0.2, 0.25) is 0 Å². The molecule has 0 aliphatic heterocycles. The van der Waals surface area contributed by atoms with Crippen molar-refractivity contribution in [2.24, 2.45) is 10.8 Å². The Morgan fingerprint density at radius 3 is 2.34 bits per heavy atom. The van der Waals surface area contributed by atoms with Crippen molar-refractivity contribution in [1.82, 2.24) is 10.1 Å². The quantitative estimate of drug-likeness (QED) is 0.247. The Bertz CT molecular complexity index is 1460. The van der Waals surface area contributed by atoms with Crippen LogP contribution in [-0.4, -0.2) is 34.4 Å². The van der Waals surface area contributed by atoms with Crippen molar-refractivity contribution >= 4 is 35.2 Å². The van der Waals surface area contributed by atoms with Gasteiger partial charge in [-0.1, -0.05) is 40.5 Å². The molecular weight excluding hydrogens is 577 g/mol. The Hall–Kier alpha value is -3.17. The average Bonchev–Trinajstić information content (AvgIpc) is 3.71. The maximum Gasteiger partial charge on any atom is 0.387 e. The molecule has 3 aromatic rings. The normalized spacial score (nSPS) is 23.8. The van der Waals surface area contributed by atoms with Crippen molar-refractivity contribution in [3.63, 3.8) is 0 Å². The van der Waals surface area contributed by atoms with Gasteiger partial charge in [0.05, 0.1) is 22.2 Å².